The zero-order chi connectivity index (χ0) is 11.5. The van der Waals surface area contributed by atoms with Gasteiger partial charge >= 0.3 is 0 Å². The molecule has 0 aliphatic heterocycles. The maximum Gasteiger partial charge on any atom is 0.147 e. The molecule has 0 atom stereocenters. The minimum absolute atomic E-state index is 0.474. The lowest BCUT2D eigenvalue weighted by Crippen LogP contribution is -1.99. The van der Waals surface area contributed by atoms with E-state index < -0.39 is 0 Å². The summed E-state index contributed by atoms with van der Waals surface area (Å²) in [5.74, 6) is 0.474. The summed E-state index contributed by atoms with van der Waals surface area (Å²) in [6.45, 7) is 2.01. The van der Waals surface area contributed by atoms with Crippen molar-refractivity contribution in [2.24, 2.45) is 0 Å². The molecule has 0 unspecified atom stereocenters. The number of hydrogen-bond acceptors (Lipinski definition) is 3. The Balaban J connectivity index is 2.34. The molecule has 4 heteroatoms. The highest BCUT2D eigenvalue weighted by Crippen LogP contribution is 2.25. The number of nitrogens with zero attached hydrogens (tertiary/aromatic N) is 1. The molecule has 1 aromatic carbocycles. The lowest BCUT2D eigenvalue weighted by atomic mass is 10.2. The molecule has 0 amide bonds. The van der Waals surface area contributed by atoms with Crippen molar-refractivity contribution in [1.29, 1.82) is 0 Å². The standard InChI is InChI=1S/C12H12ClN3/c1-8-4-5-9(13)7-11(8)16-10-3-2-6-15-12(10)14/h2-7,16H,1H3,(H2,14,15). The number of halogens is 1. The van der Waals surface area contributed by atoms with Gasteiger partial charge < -0.3 is 11.1 Å². The topological polar surface area (TPSA) is 50.9 Å². The second kappa shape index (κ2) is 4.41. The van der Waals surface area contributed by atoms with Gasteiger partial charge in [-0.05, 0) is 36.8 Å². The Labute approximate surface area is 99.3 Å². The lowest BCUT2D eigenvalue weighted by Gasteiger charge is -2.11. The molecule has 1 heterocycles. The van der Waals surface area contributed by atoms with Gasteiger partial charge in [0.15, 0.2) is 0 Å². The van der Waals surface area contributed by atoms with Gasteiger partial charge in [-0.15, -0.1) is 0 Å². The Morgan fingerprint density at radius 1 is 1.25 bits per heavy atom. The number of nitrogens with one attached hydrogen (secondary N) is 1. The Morgan fingerprint density at radius 3 is 2.81 bits per heavy atom. The van der Waals surface area contributed by atoms with Crippen molar-refractivity contribution in [3.63, 3.8) is 0 Å². The van der Waals surface area contributed by atoms with E-state index in [1.807, 2.05) is 37.3 Å². The van der Waals surface area contributed by atoms with Crippen LogP contribution >= 0.6 is 11.6 Å². The highest BCUT2D eigenvalue weighted by molar-refractivity contribution is 6.30. The molecule has 3 nitrogen and oxygen atoms in total. The largest absolute Gasteiger partial charge is 0.382 e. The van der Waals surface area contributed by atoms with Gasteiger partial charge in [-0.25, -0.2) is 4.98 Å². The normalized spacial score (nSPS) is 10.1. The number of benzene rings is 1. The molecule has 0 spiro atoms. The van der Waals surface area contributed by atoms with Crippen molar-refractivity contribution < 1.29 is 0 Å². The molecule has 82 valence electrons. The smallest absolute Gasteiger partial charge is 0.147 e. The first-order valence-electron chi connectivity index (χ1n) is 4.90. The summed E-state index contributed by atoms with van der Waals surface area (Å²) < 4.78 is 0. The molecule has 0 aliphatic carbocycles. The Kier molecular flexibility index (Phi) is 2.97. The summed E-state index contributed by atoms with van der Waals surface area (Å²) in [5.41, 5.74) is 8.58. The third-order valence-electron chi connectivity index (χ3n) is 2.31. The van der Waals surface area contributed by atoms with Gasteiger partial charge in [-0.1, -0.05) is 17.7 Å². The van der Waals surface area contributed by atoms with E-state index in [9.17, 15) is 0 Å². The fourth-order valence-electron chi connectivity index (χ4n) is 1.40. The molecular formula is C12H12ClN3. The summed E-state index contributed by atoms with van der Waals surface area (Å²) in [6.07, 6.45) is 1.66. The zero-order valence-electron chi connectivity index (χ0n) is 8.87. The predicted molar refractivity (Wildman–Crippen MR) is 68.1 cm³/mol. The Bertz CT molecular complexity index is 511. The van der Waals surface area contributed by atoms with E-state index in [-0.39, 0.29) is 0 Å². The molecule has 2 rings (SSSR count). The van der Waals surface area contributed by atoms with Gasteiger partial charge in [-0.3, -0.25) is 0 Å². The van der Waals surface area contributed by atoms with E-state index in [4.69, 9.17) is 17.3 Å². The zero-order valence-corrected chi connectivity index (χ0v) is 9.62. The number of anilines is 3. The number of hydrogen-bond donors (Lipinski definition) is 2. The number of nitrogens with two attached hydrogens (primary N) is 1. The monoisotopic (exact) mass is 233 g/mol. The molecule has 0 aliphatic rings. The number of aromatic nitrogens is 1. The van der Waals surface area contributed by atoms with E-state index in [0.29, 0.717) is 10.8 Å². The Morgan fingerprint density at radius 2 is 2.06 bits per heavy atom. The second-order valence-corrected chi connectivity index (χ2v) is 3.96. The minimum Gasteiger partial charge on any atom is -0.382 e. The summed E-state index contributed by atoms with van der Waals surface area (Å²) >= 11 is 5.94. The van der Waals surface area contributed by atoms with Crippen LogP contribution in [-0.2, 0) is 0 Å². The van der Waals surface area contributed by atoms with Gasteiger partial charge in [0.2, 0.25) is 0 Å². The van der Waals surface area contributed by atoms with Crippen LogP contribution in [-0.4, -0.2) is 4.98 Å². The molecule has 2 aromatic rings. The quantitative estimate of drug-likeness (QED) is 0.836. The molecule has 0 radical (unpaired) electrons. The maximum atomic E-state index is 5.94. The van der Waals surface area contributed by atoms with Crippen molar-refractivity contribution in [2.75, 3.05) is 11.1 Å². The average Bonchev–Trinajstić information content (AvgIpc) is 2.27. The predicted octanol–water partition coefficient (Wildman–Crippen LogP) is 3.37. The number of nitrogen functional groups attached to an aromatic ring is 1. The first-order valence-corrected chi connectivity index (χ1v) is 5.28. The van der Waals surface area contributed by atoms with E-state index in [1.54, 1.807) is 6.20 Å². The van der Waals surface area contributed by atoms with E-state index >= 15 is 0 Å². The molecular weight excluding hydrogens is 222 g/mol. The summed E-state index contributed by atoms with van der Waals surface area (Å²) in [4.78, 5) is 4.01. The van der Waals surface area contributed by atoms with Crippen molar-refractivity contribution >= 4 is 28.8 Å². The molecule has 1 aromatic heterocycles. The van der Waals surface area contributed by atoms with Crippen LogP contribution in [0.4, 0.5) is 17.2 Å². The van der Waals surface area contributed by atoms with Crippen molar-refractivity contribution in [3.05, 3.63) is 47.1 Å². The van der Waals surface area contributed by atoms with Crippen molar-refractivity contribution in [3.8, 4) is 0 Å². The number of rotatable bonds is 2. The fraction of sp³-hybridized carbons (Fsp3) is 0.0833. The van der Waals surface area contributed by atoms with Crippen LogP contribution in [0.2, 0.25) is 5.02 Å². The third-order valence-corrected chi connectivity index (χ3v) is 2.54. The first-order chi connectivity index (χ1) is 7.66. The van der Waals surface area contributed by atoms with E-state index in [2.05, 4.69) is 10.3 Å². The van der Waals surface area contributed by atoms with Crippen molar-refractivity contribution in [2.45, 2.75) is 6.92 Å². The summed E-state index contributed by atoms with van der Waals surface area (Å²) in [6, 6.07) is 9.39. The summed E-state index contributed by atoms with van der Waals surface area (Å²) in [7, 11) is 0. The average molecular weight is 234 g/mol. The highest BCUT2D eigenvalue weighted by atomic mass is 35.5. The molecule has 16 heavy (non-hydrogen) atoms. The van der Waals surface area contributed by atoms with Crippen LogP contribution < -0.4 is 11.1 Å². The van der Waals surface area contributed by atoms with Gasteiger partial charge in [0, 0.05) is 16.9 Å². The Hall–Kier alpha value is -1.74. The van der Waals surface area contributed by atoms with Gasteiger partial charge in [-0.2, -0.15) is 0 Å². The van der Waals surface area contributed by atoms with Crippen LogP contribution in [0.5, 0.6) is 0 Å². The van der Waals surface area contributed by atoms with Crippen LogP contribution in [0.15, 0.2) is 36.5 Å². The van der Waals surface area contributed by atoms with Gasteiger partial charge in [0.25, 0.3) is 0 Å². The van der Waals surface area contributed by atoms with Gasteiger partial charge in [0.05, 0.1) is 5.69 Å². The van der Waals surface area contributed by atoms with Crippen LogP contribution in [0.1, 0.15) is 5.56 Å². The maximum absolute atomic E-state index is 5.94. The molecule has 0 fully saturated rings. The number of pyridine rings is 1. The SMILES string of the molecule is Cc1ccc(Cl)cc1Nc1cccnc1N. The summed E-state index contributed by atoms with van der Waals surface area (Å²) in [5, 5.41) is 3.90. The second-order valence-electron chi connectivity index (χ2n) is 3.52. The lowest BCUT2D eigenvalue weighted by molar-refractivity contribution is 1.32. The minimum atomic E-state index is 0.474. The van der Waals surface area contributed by atoms with Crippen molar-refractivity contribution in [1.82, 2.24) is 4.98 Å². The molecule has 0 saturated heterocycles. The van der Waals surface area contributed by atoms with Crippen LogP contribution in [0.3, 0.4) is 0 Å². The molecule has 0 saturated carbocycles. The van der Waals surface area contributed by atoms with Crippen LogP contribution in [0, 0.1) is 6.92 Å². The number of aryl methyl sites for hydroxylation is 1. The third kappa shape index (κ3) is 2.25. The highest BCUT2D eigenvalue weighted by Gasteiger charge is 2.02. The molecule has 0 bridgehead atoms. The fourth-order valence-corrected chi connectivity index (χ4v) is 1.57. The molecule has 3 N–H and O–H groups in total. The van der Waals surface area contributed by atoms with Crippen LogP contribution in [0.25, 0.3) is 0 Å². The first kappa shape index (κ1) is 10.8. The van der Waals surface area contributed by atoms with E-state index in [0.717, 1.165) is 16.9 Å². The van der Waals surface area contributed by atoms with Gasteiger partial charge in [0.1, 0.15) is 5.82 Å². The van der Waals surface area contributed by atoms with E-state index in [1.165, 1.54) is 0 Å².